The molecule has 100 valence electrons. The molecule has 0 aliphatic heterocycles. The van der Waals surface area contributed by atoms with Gasteiger partial charge >= 0.3 is 0 Å². The molecule has 8 heteroatoms. The van der Waals surface area contributed by atoms with Crippen LogP contribution < -0.4 is 10.5 Å². The third kappa shape index (κ3) is 2.54. The van der Waals surface area contributed by atoms with E-state index in [9.17, 15) is 8.42 Å². The van der Waals surface area contributed by atoms with Crippen molar-refractivity contribution in [3.05, 3.63) is 12.0 Å². The molecule has 0 aromatic carbocycles. The van der Waals surface area contributed by atoms with E-state index in [4.69, 9.17) is 11.1 Å². The number of nitrogens with one attached hydrogen (secondary N) is 2. The Labute approximate surface area is 106 Å². The first-order chi connectivity index (χ1) is 8.31. The van der Waals surface area contributed by atoms with Crippen molar-refractivity contribution >= 4 is 15.9 Å². The first-order valence-electron chi connectivity index (χ1n) is 5.67. The lowest BCUT2D eigenvalue weighted by atomic mass is 10.2. The Morgan fingerprint density at radius 2 is 2.28 bits per heavy atom. The van der Waals surface area contributed by atoms with Crippen molar-refractivity contribution in [1.82, 2.24) is 14.3 Å². The molecule has 1 aromatic rings. The smallest absolute Gasteiger partial charge is 0.260 e. The number of nitrogens with zero attached hydrogens (tertiary/aromatic N) is 2. The Hall–Kier alpha value is -1.41. The summed E-state index contributed by atoms with van der Waals surface area (Å²) < 4.78 is 28.3. The summed E-state index contributed by atoms with van der Waals surface area (Å²) in [5.41, 5.74) is 5.43. The zero-order valence-corrected chi connectivity index (χ0v) is 11.2. The minimum atomic E-state index is -3.71. The van der Waals surface area contributed by atoms with Gasteiger partial charge in [-0.2, -0.15) is 4.72 Å². The van der Waals surface area contributed by atoms with Crippen molar-refractivity contribution < 1.29 is 8.42 Å². The molecule has 2 rings (SSSR count). The second-order valence-electron chi connectivity index (χ2n) is 4.63. The third-order valence-electron chi connectivity index (χ3n) is 3.07. The molecular formula is C10H17N5O2S. The number of amidine groups is 1. The average molecular weight is 271 g/mol. The summed E-state index contributed by atoms with van der Waals surface area (Å²) in [5, 5.41) is 7.40. The zero-order valence-electron chi connectivity index (χ0n) is 10.3. The molecule has 1 aliphatic rings. The lowest BCUT2D eigenvalue weighted by Crippen LogP contribution is -2.45. The first-order valence-corrected chi connectivity index (χ1v) is 7.16. The van der Waals surface area contributed by atoms with Crippen molar-refractivity contribution in [2.24, 2.45) is 18.7 Å². The van der Waals surface area contributed by atoms with E-state index < -0.39 is 16.1 Å². The number of aryl methyl sites for hydroxylation is 2. The van der Waals surface area contributed by atoms with Gasteiger partial charge in [0.05, 0.1) is 6.04 Å². The summed E-state index contributed by atoms with van der Waals surface area (Å²) in [6, 6.07) is -0.614. The van der Waals surface area contributed by atoms with Crippen LogP contribution in [0.4, 0.5) is 0 Å². The van der Waals surface area contributed by atoms with E-state index in [1.165, 1.54) is 6.20 Å². The van der Waals surface area contributed by atoms with Crippen LogP contribution in [0, 0.1) is 18.3 Å². The van der Waals surface area contributed by atoms with Gasteiger partial charge in [-0.05, 0) is 25.7 Å². The highest BCUT2D eigenvalue weighted by Crippen LogP contribution is 2.33. The lowest BCUT2D eigenvalue weighted by molar-refractivity contribution is 0.560. The quantitative estimate of drug-likeness (QED) is 0.505. The summed E-state index contributed by atoms with van der Waals surface area (Å²) in [4.78, 5) is 3.98. The highest BCUT2D eigenvalue weighted by molar-refractivity contribution is 7.89. The predicted octanol–water partition coefficient (Wildman–Crippen LogP) is -0.279. The standard InChI is InChI=1S/C10H17N5O2S/c1-6-13-8(5-15(6)2)18(16,17)14-9(10(11)12)7-3-4-7/h5,7,9,14H,3-4H2,1-2H3,(H3,11,12). The van der Waals surface area contributed by atoms with Gasteiger partial charge in [-0.15, -0.1) is 0 Å². The van der Waals surface area contributed by atoms with Crippen LogP contribution in [0.3, 0.4) is 0 Å². The summed E-state index contributed by atoms with van der Waals surface area (Å²) >= 11 is 0. The van der Waals surface area contributed by atoms with Gasteiger partial charge in [0.25, 0.3) is 10.0 Å². The average Bonchev–Trinajstić information content (AvgIpc) is 3.03. The summed E-state index contributed by atoms with van der Waals surface area (Å²) in [6.45, 7) is 1.72. The molecule has 1 heterocycles. The molecule has 7 nitrogen and oxygen atoms in total. The van der Waals surface area contributed by atoms with Gasteiger partial charge in [0.2, 0.25) is 0 Å². The Bertz CT molecular complexity index is 554. The SMILES string of the molecule is Cc1nc(S(=O)(=O)NC(C(=N)N)C2CC2)cn1C. The van der Waals surface area contributed by atoms with E-state index in [1.54, 1.807) is 18.5 Å². The van der Waals surface area contributed by atoms with Gasteiger partial charge < -0.3 is 10.3 Å². The van der Waals surface area contributed by atoms with E-state index in [2.05, 4.69) is 9.71 Å². The second-order valence-corrected chi connectivity index (χ2v) is 6.29. The fourth-order valence-corrected chi connectivity index (χ4v) is 3.05. The maximum Gasteiger partial charge on any atom is 0.260 e. The topological polar surface area (TPSA) is 114 Å². The van der Waals surface area contributed by atoms with E-state index >= 15 is 0 Å². The van der Waals surface area contributed by atoms with E-state index in [0.717, 1.165) is 12.8 Å². The molecule has 1 unspecified atom stereocenters. The van der Waals surface area contributed by atoms with Gasteiger partial charge in [-0.1, -0.05) is 0 Å². The predicted molar refractivity (Wildman–Crippen MR) is 66.7 cm³/mol. The number of nitrogens with two attached hydrogens (primary N) is 1. The zero-order chi connectivity index (χ0) is 13.5. The van der Waals surface area contributed by atoms with Crippen LogP contribution >= 0.6 is 0 Å². The van der Waals surface area contributed by atoms with Crippen molar-refractivity contribution in [1.29, 1.82) is 5.41 Å². The largest absolute Gasteiger partial charge is 0.386 e. The number of hydrogen-bond donors (Lipinski definition) is 3. The maximum absolute atomic E-state index is 12.1. The molecule has 0 radical (unpaired) electrons. The molecule has 0 amide bonds. The molecule has 1 aromatic heterocycles. The second kappa shape index (κ2) is 4.36. The normalized spacial score (nSPS) is 17.7. The Morgan fingerprint density at radius 3 is 2.67 bits per heavy atom. The molecule has 1 aliphatic carbocycles. The first kappa shape index (κ1) is 13.0. The Morgan fingerprint density at radius 1 is 1.67 bits per heavy atom. The molecular weight excluding hydrogens is 254 g/mol. The van der Waals surface area contributed by atoms with E-state index in [0.29, 0.717) is 5.82 Å². The number of rotatable bonds is 5. The lowest BCUT2D eigenvalue weighted by Gasteiger charge is -2.15. The van der Waals surface area contributed by atoms with Crippen LogP contribution in [0.25, 0.3) is 0 Å². The van der Waals surface area contributed by atoms with Crippen LogP contribution in [-0.2, 0) is 17.1 Å². The molecule has 0 saturated heterocycles. The number of hydrogen-bond acceptors (Lipinski definition) is 4. The molecule has 0 spiro atoms. The number of aromatic nitrogens is 2. The Balaban J connectivity index is 2.23. The Kier molecular flexibility index (Phi) is 3.16. The molecule has 1 atom stereocenters. The van der Waals surface area contributed by atoms with Gasteiger partial charge in [-0.3, -0.25) is 5.41 Å². The van der Waals surface area contributed by atoms with Gasteiger partial charge in [0, 0.05) is 13.2 Å². The highest BCUT2D eigenvalue weighted by atomic mass is 32.2. The van der Waals surface area contributed by atoms with E-state index in [1.807, 2.05) is 0 Å². The number of imidazole rings is 1. The van der Waals surface area contributed by atoms with Crippen molar-refractivity contribution in [3.8, 4) is 0 Å². The summed E-state index contributed by atoms with van der Waals surface area (Å²) in [5.74, 6) is 0.608. The van der Waals surface area contributed by atoms with Gasteiger partial charge in [0.15, 0.2) is 5.03 Å². The summed E-state index contributed by atoms with van der Waals surface area (Å²) in [6.07, 6.45) is 3.24. The maximum atomic E-state index is 12.1. The van der Waals surface area contributed by atoms with Crippen LogP contribution in [-0.4, -0.2) is 29.8 Å². The fourth-order valence-electron chi connectivity index (χ4n) is 1.73. The monoisotopic (exact) mass is 271 g/mol. The molecule has 1 saturated carbocycles. The summed E-state index contributed by atoms with van der Waals surface area (Å²) in [7, 11) is -1.99. The van der Waals surface area contributed by atoms with E-state index in [-0.39, 0.29) is 16.8 Å². The fraction of sp³-hybridized carbons (Fsp3) is 0.600. The van der Waals surface area contributed by atoms with Crippen molar-refractivity contribution in [2.75, 3.05) is 0 Å². The third-order valence-corrected chi connectivity index (χ3v) is 4.38. The number of sulfonamides is 1. The van der Waals surface area contributed by atoms with Crippen LogP contribution in [0.2, 0.25) is 0 Å². The molecule has 4 N–H and O–H groups in total. The molecule has 0 bridgehead atoms. The molecule has 1 fully saturated rings. The highest BCUT2D eigenvalue weighted by Gasteiger charge is 2.36. The van der Waals surface area contributed by atoms with Gasteiger partial charge in [0.1, 0.15) is 11.7 Å². The van der Waals surface area contributed by atoms with Crippen LogP contribution in [0.15, 0.2) is 11.2 Å². The van der Waals surface area contributed by atoms with Crippen LogP contribution in [0.1, 0.15) is 18.7 Å². The minimum absolute atomic E-state index is 0.0330. The van der Waals surface area contributed by atoms with Gasteiger partial charge in [-0.25, -0.2) is 13.4 Å². The van der Waals surface area contributed by atoms with Crippen LogP contribution in [0.5, 0.6) is 0 Å². The van der Waals surface area contributed by atoms with Crippen molar-refractivity contribution in [3.63, 3.8) is 0 Å². The van der Waals surface area contributed by atoms with Crippen molar-refractivity contribution in [2.45, 2.75) is 30.8 Å². The minimum Gasteiger partial charge on any atom is -0.386 e. The molecule has 18 heavy (non-hydrogen) atoms.